The summed E-state index contributed by atoms with van der Waals surface area (Å²) in [4.78, 5) is 26.1. The number of benzene rings is 2. The maximum atomic E-state index is 12.0. The molecule has 0 radical (unpaired) electrons. The summed E-state index contributed by atoms with van der Waals surface area (Å²) in [7, 11) is 1.61. The molecule has 0 spiro atoms. The minimum atomic E-state index is -0.922. The lowest BCUT2D eigenvalue weighted by atomic mass is 9.98. The van der Waals surface area contributed by atoms with E-state index < -0.39 is 17.0 Å². The third-order valence-electron chi connectivity index (χ3n) is 3.45. The Morgan fingerprint density at radius 3 is 2.57 bits per heavy atom. The Hall–Kier alpha value is -2.83. The van der Waals surface area contributed by atoms with Crippen LogP contribution in [0, 0.1) is 10.1 Å². The van der Waals surface area contributed by atoms with Gasteiger partial charge in [-0.3, -0.25) is 4.79 Å². The number of rotatable bonds is 7. The number of ether oxygens (including phenoxy) is 2. The molecule has 0 heterocycles. The molecule has 0 aromatic heterocycles. The predicted octanol–water partition coefficient (Wildman–Crippen LogP) is 2.70. The summed E-state index contributed by atoms with van der Waals surface area (Å²) in [6, 6.07) is 11.4. The van der Waals surface area contributed by atoms with E-state index in [1.54, 1.807) is 14.0 Å². The molecule has 1 atom stereocenters. The van der Waals surface area contributed by atoms with Crippen molar-refractivity contribution in [2.24, 2.45) is 0 Å². The second-order valence-electron chi connectivity index (χ2n) is 4.92. The van der Waals surface area contributed by atoms with Crippen LogP contribution in [-0.4, -0.2) is 31.4 Å². The molecule has 0 amide bonds. The largest absolute Gasteiger partial charge is 0.497 e. The Kier molecular flexibility index (Phi) is 5.35. The maximum Gasteiger partial charge on any atom is 0.313 e. The number of fused-ring (bicyclic) bond motifs is 1. The van der Waals surface area contributed by atoms with Crippen LogP contribution in [-0.2, 0) is 14.4 Å². The molecular weight excluding hydrogens is 302 g/mol. The first-order valence-corrected chi connectivity index (χ1v) is 7.03. The Bertz CT molecular complexity index is 715. The predicted molar refractivity (Wildman–Crippen MR) is 82.8 cm³/mol. The van der Waals surface area contributed by atoms with E-state index in [9.17, 15) is 14.9 Å². The van der Waals surface area contributed by atoms with E-state index in [0.717, 1.165) is 22.1 Å². The van der Waals surface area contributed by atoms with Crippen LogP contribution in [0.1, 0.15) is 18.4 Å². The van der Waals surface area contributed by atoms with Gasteiger partial charge in [0.25, 0.3) is 5.09 Å². The fourth-order valence-corrected chi connectivity index (χ4v) is 2.15. The summed E-state index contributed by atoms with van der Waals surface area (Å²) >= 11 is 0. The van der Waals surface area contributed by atoms with Crippen LogP contribution in [0.2, 0.25) is 0 Å². The first-order valence-electron chi connectivity index (χ1n) is 7.03. The van der Waals surface area contributed by atoms with E-state index in [-0.39, 0.29) is 13.2 Å². The molecule has 0 bridgehead atoms. The Balaban J connectivity index is 2.03. The van der Waals surface area contributed by atoms with Crippen molar-refractivity contribution in [1.29, 1.82) is 0 Å². The molecule has 2 rings (SSSR count). The first-order chi connectivity index (χ1) is 11.0. The fraction of sp³-hybridized carbons (Fsp3) is 0.312. The molecule has 0 N–H and O–H groups in total. The third-order valence-corrected chi connectivity index (χ3v) is 3.45. The van der Waals surface area contributed by atoms with Gasteiger partial charge in [-0.1, -0.05) is 24.3 Å². The average Bonchev–Trinajstić information content (AvgIpc) is 2.56. The van der Waals surface area contributed by atoms with Crippen LogP contribution >= 0.6 is 0 Å². The number of hydrogen-bond donors (Lipinski definition) is 0. The number of esters is 1. The number of nitrogens with zero attached hydrogens (tertiary/aromatic N) is 1. The fourth-order valence-electron chi connectivity index (χ4n) is 2.15. The molecule has 0 unspecified atom stereocenters. The Morgan fingerprint density at radius 1 is 1.17 bits per heavy atom. The van der Waals surface area contributed by atoms with Gasteiger partial charge in [0.2, 0.25) is 0 Å². The van der Waals surface area contributed by atoms with Crippen LogP contribution in [0.4, 0.5) is 0 Å². The molecule has 2 aromatic rings. The standard InChI is InChI=1S/C16H17NO6/c1-11(16(18)22-7-8-23-17(19)20)12-3-4-14-10-15(21-2)6-5-13(14)9-12/h3-6,9-11H,7-8H2,1-2H3/t11-/m0/s1. The Morgan fingerprint density at radius 2 is 1.87 bits per heavy atom. The summed E-state index contributed by atoms with van der Waals surface area (Å²) < 4.78 is 10.1. The van der Waals surface area contributed by atoms with Gasteiger partial charge in [0, 0.05) is 0 Å². The maximum absolute atomic E-state index is 12.0. The van der Waals surface area contributed by atoms with Gasteiger partial charge in [0.1, 0.15) is 19.0 Å². The number of methoxy groups -OCH3 is 1. The van der Waals surface area contributed by atoms with Crippen LogP contribution in [0.25, 0.3) is 10.8 Å². The third kappa shape index (κ3) is 4.32. The van der Waals surface area contributed by atoms with Crippen molar-refractivity contribution in [3.8, 4) is 5.75 Å². The molecule has 7 nitrogen and oxygen atoms in total. The monoisotopic (exact) mass is 319 g/mol. The zero-order valence-corrected chi connectivity index (χ0v) is 12.9. The smallest absolute Gasteiger partial charge is 0.313 e. The quantitative estimate of drug-likeness (QED) is 0.337. The number of carbonyl (C=O) groups excluding carboxylic acids is 1. The molecule has 0 aliphatic carbocycles. The normalized spacial score (nSPS) is 11.7. The Labute approximate surface area is 132 Å². The van der Waals surface area contributed by atoms with E-state index in [0.29, 0.717) is 0 Å². The highest BCUT2D eigenvalue weighted by Gasteiger charge is 2.17. The highest BCUT2D eigenvalue weighted by atomic mass is 17.0. The van der Waals surface area contributed by atoms with Crippen molar-refractivity contribution in [2.45, 2.75) is 12.8 Å². The van der Waals surface area contributed by atoms with Crippen LogP contribution in [0.15, 0.2) is 36.4 Å². The van der Waals surface area contributed by atoms with Crippen molar-refractivity contribution in [3.05, 3.63) is 52.1 Å². The molecule has 0 fully saturated rings. The molecule has 0 saturated carbocycles. The van der Waals surface area contributed by atoms with Gasteiger partial charge in [0.05, 0.1) is 13.0 Å². The van der Waals surface area contributed by atoms with E-state index in [1.165, 1.54) is 0 Å². The van der Waals surface area contributed by atoms with Gasteiger partial charge >= 0.3 is 5.97 Å². The lowest BCUT2D eigenvalue weighted by molar-refractivity contribution is -0.757. The summed E-state index contributed by atoms with van der Waals surface area (Å²) in [6.07, 6.45) is 0. The molecule has 0 saturated heterocycles. The minimum Gasteiger partial charge on any atom is -0.497 e. The summed E-state index contributed by atoms with van der Waals surface area (Å²) in [5.74, 6) is -0.162. The van der Waals surface area contributed by atoms with E-state index in [2.05, 4.69) is 4.84 Å². The molecule has 0 aliphatic rings. The lowest BCUT2D eigenvalue weighted by Crippen LogP contribution is -2.17. The van der Waals surface area contributed by atoms with E-state index >= 15 is 0 Å². The van der Waals surface area contributed by atoms with Gasteiger partial charge < -0.3 is 14.3 Å². The average molecular weight is 319 g/mol. The highest BCUT2D eigenvalue weighted by Crippen LogP contribution is 2.25. The van der Waals surface area contributed by atoms with Crippen LogP contribution in [0.5, 0.6) is 5.75 Å². The second kappa shape index (κ2) is 7.44. The van der Waals surface area contributed by atoms with Crippen molar-refractivity contribution >= 4 is 16.7 Å². The summed E-state index contributed by atoms with van der Waals surface area (Å²) in [6.45, 7) is 1.29. The van der Waals surface area contributed by atoms with Gasteiger partial charge in [-0.2, -0.15) is 0 Å². The molecule has 122 valence electrons. The molecule has 0 aliphatic heterocycles. The highest BCUT2D eigenvalue weighted by molar-refractivity contribution is 5.86. The molecular formula is C16H17NO6. The van der Waals surface area contributed by atoms with Crippen LogP contribution < -0.4 is 4.74 Å². The minimum absolute atomic E-state index is 0.158. The zero-order valence-electron chi connectivity index (χ0n) is 12.9. The van der Waals surface area contributed by atoms with E-state index in [1.807, 2.05) is 36.4 Å². The van der Waals surface area contributed by atoms with Crippen molar-refractivity contribution in [3.63, 3.8) is 0 Å². The SMILES string of the molecule is COc1ccc2cc([C@H](C)C(=O)OCCO[N+](=O)[O-])ccc2c1. The molecule has 2 aromatic carbocycles. The van der Waals surface area contributed by atoms with Gasteiger partial charge in [-0.25, -0.2) is 0 Å². The number of carbonyl (C=O) groups is 1. The van der Waals surface area contributed by atoms with Crippen molar-refractivity contribution in [1.82, 2.24) is 0 Å². The topological polar surface area (TPSA) is 87.9 Å². The van der Waals surface area contributed by atoms with Gasteiger partial charge in [0.15, 0.2) is 0 Å². The molecule has 23 heavy (non-hydrogen) atoms. The van der Waals surface area contributed by atoms with Gasteiger partial charge in [-0.05, 0) is 35.4 Å². The lowest BCUT2D eigenvalue weighted by Gasteiger charge is -2.12. The van der Waals surface area contributed by atoms with Crippen molar-refractivity contribution in [2.75, 3.05) is 20.3 Å². The summed E-state index contributed by atoms with van der Waals surface area (Å²) in [5.41, 5.74) is 0.808. The van der Waals surface area contributed by atoms with Gasteiger partial charge in [-0.15, -0.1) is 10.1 Å². The zero-order chi connectivity index (χ0) is 16.8. The summed E-state index contributed by atoms with van der Waals surface area (Å²) in [5, 5.41) is 11.1. The first kappa shape index (κ1) is 16.5. The van der Waals surface area contributed by atoms with Crippen LogP contribution in [0.3, 0.4) is 0 Å². The molecule has 7 heteroatoms. The van der Waals surface area contributed by atoms with Crippen molar-refractivity contribution < 1.29 is 24.2 Å². The number of hydrogen-bond acceptors (Lipinski definition) is 6. The van der Waals surface area contributed by atoms with E-state index in [4.69, 9.17) is 9.47 Å². The second-order valence-corrected chi connectivity index (χ2v) is 4.92.